The van der Waals surface area contributed by atoms with Crippen molar-refractivity contribution in [3.63, 3.8) is 0 Å². The molecule has 0 saturated carbocycles. The van der Waals surface area contributed by atoms with Crippen molar-refractivity contribution in [3.8, 4) is 28.3 Å². The van der Waals surface area contributed by atoms with Crippen molar-refractivity contribution in [3.05, 3.63) is 65.9 Å². The molecule has 1 aromatic carbocycles. The summed E-state index contributed by atoms with van der Waals surface area (Å²) in [5.74, 6) is 0.204. The van der Waals surface area contributed by atoms with E-state index in [-0.39, 0.29) is 17.3 Å². The largest absolute Gasteiger partial charge is 0.481 e. The molecule has 0 aliphatic heterocycles. The second kappa shape index (κ2) is 6.34. The van der Waals surface area contributed by atoms with Crippen LogP contribution in [0.1, 0.15) is 0 Å². The monoisotopic (exact) mass is 320 g/mol. The number of anilines is 1. The van der Waals surface area contributed by atoms with Crippen molar-refractivity contribution in [1.29, 1.82) is 0 Å². The maximum Gasteiger partial charge on any atom is 0.228 e. The van der Waals surface area contributed by atoms with Crippen molar-refractivity contribution in [2.75, 3.05) is 12.8 Å². The maximum absolute atomic E-state index is 13.6. The lowest BCUT2D eigenvalue weighted by atomic mass is 10.00. The highest BCUT2D eigenvalue weighted by Crippen LogP contribution is 2.36. The first kappa shape index (κ1) is 15.4. The molecule has 0 spiro atoms. The number of nitrogen functional groups attached to an aromatic ring is 1. The van der Waals surface area contributed by atoms with E-state index in [9.17, 15) is 4.39 Å². The van der Waals surface area contributed by atoms with Crippen LogP contribution in [0, 0.1) is 12.4 Å². The molecule has 6 heteroatoms. The number of nitrogens with zero attached hydrogens (tertiary/aromatic N) is 3. The molecule has 0 unspecified atom stereocenters. The number of ether oxygens (including phenoxy) is 1. The third-order valence-corrected chi connectivity index (χ3v) is 3.51. The van der Waals surface area contributed by atoms with Gasteiger partial charge in [-0.3, -0.25) is 0 Å². The van der Waals surface area contributed by atoms with Crippen LogP contribution in [0.25, 0.3) is 27.2 Å². The van der Waals surface area contributed by atoms with Crippen molar-refractivity contribution in [1.82, 2.24) is 9.97 Å². The maximum atomic E-state index is 13.6. The quantitative estimate of drug-likeness (QED) is 0.738. The highest BCUT2D eigenvalue weighted by molar-refractivity contribution is 5.86. The van der Waals surface area contributed by atoms with Crippen LogP contribution >= 0.6 is 0 Å². The molecule has 0 aliphatic rings. The number of aromatic nitrogens is 2. The van der Waals surface area contributed by atoms with Gasteiger partial charge < -0.3 is 10.5 Å². The standard InChI is InChI=1S/C18H13FN4O/c1-21-15-9-14(12-6-7-16(24-2)22-10-12)17(23-18(15)20)11-4-3-5-13(19)8-11/h3-10H,2H3,(H2,20,23). The van der Waals surface area contributed by atoms with Crippen LogP contribution in [0.4, 0.5) is 15.9 Å². The Bertz CT molecular complexity index is 933. The fourth-order valence-corrected chi connectivity index (χ4v) is 2.34. The van der Waals surface area contributed by atoms with E-state index >= 15 is 0 Å². The van der Waals surface area contributed by atoms with Gasteiger partial charge in [0.05, 0.1) is 19.4 Å². The average Bonchev–Trinajstić information content (AvgIpc) is 2.61. The zero-order valence-corrected chi connectivity index (χ0v) is 12.8. The van der Waals surface area contributed by atoms with Crippen molar-refractivity contribution >= 4 is 11.5 Å². The van der Waals surface area contributed by atoms with Gasteiger partial charge in [-0.2, -0.15) is 0 Å². The van der Waals surface area contributed by atoms with Gasteiger partial charge in [0.1, 0.15) is 11.6 Å². The van der Waals surface area contributed by atoms with E-state index in [1.807, 2.05) is 0 Å². The van der Waals surface area contributed by atoms with Gasteiger partial charge >= 0.3 is 0 Å². The molecule has 2 N–H and O–H groups in total. The second-order valence-corrected chi connectivity index (χ2v) is 5.00. The van der Waals surface area contributed by atoms with Gasteiger partial charge in [-0.05, 0) is 29.8 Å². The minimum absolute atomic E-state index is 0.106. The Kier molecular flexibility index (Phi) is 4.08. The van der Waals surface area contributed by atoms with E-state index in [0.717, 1.165) is 5.56 Å². The minimum atomic E-state index is -0.374. The van der Waals surface area contributed by atoms with Gasteiger partial charge in [-0.1, -0.05) is 12.1 Å². The van der Waals surface area contributed by atoms with Crippen molar-refractivity contribution in [2.45, 2.75) is 0 Å². The smallest absolute Gasteiger partial charge is 0.228 e. The highest BCUT2D eigenvalue weighted by atomic mass is 19.1. The summed E-state index contributed by atoms with van der Waals surface area (Å²) < 4.78 is 18.7. The lowest BCUT2D eigenvalue weighted by Gasteiger charge is -2.12. The van der Waals surface area contributed by atoms with E-state index in [4.69, 9.17) is 17.0 Å². The first-order chi connectivity index (χ1) is 11.6. The molecule has 0 atom stereocenters. The van der Waals surface area contributed by atoms with Crippen LogP contribution in [-0.2, 0) is 0 Å². The third-order valence-electron chi connectivity index (χ3n) is 3.51. The normalized spacial score (nSPS) is 10.2. The number of benzene rings is 1. The predicted molar refractivity (Wildman–Crippen MR) is 90.1 cm³/mol. The Morgan fingerprint density at radius 3 is 2.62 bits per heavy atom. The number of pyridine rings is 2. The summed E-state index contributed by atoms with van der Waals surface area (Å²) in [5.41, 5.74) is 8.53. The highest BCUT2D eigenvalue weighted by Gasteiger charge is 2.14. The van der Waals surface area contributed by atoms with Gasteiger partial charge in [0, 0.05) is 23.4 Å². The summed E-state index contributed by atoms with van der Waals surface area (Å²) in [5, 5.41) is 0. The molecule has 118 valence electrons. The number of nitrogens with two attached hydrogens (primary N) is 1. The molecule has 0 fully saturated rings. The molecule has 0 amide bonds. The predicted octanol–water partition coefficient (Wildman–Crippen LogP) is 4.09. The number of halogens is 1. The van der Waals surface area contributed by atoms with Gasteiger partial charge in [0.2, 0.25) is 11.6 Å². The van der Waals surface area contributed by atoms with Gasteiger partial charge in [0.25, 0.3) is 0 Å². The van der Waals surface area contributed by atoms with E-state index < -0.39 is 0 Å². The summed E-state index contributed by atoms with van der Waals surface area (Å²) in [4.78, 5) is 11.9. The Labute approximate surface area is 138 Å². The average molecular weight is 320 g/mol. The summed E-state index contributed by atoms with van der Waals surface area (Å²) in [6.07, 6.45) is 1.61. The number of hydrogen-bond acceptors (Lipinski definition) is 4. The lowest BCUT2D eigenvalue weighted by molar-refractivity contribution is 0.398. The molecule has 2 aromatic heterocycles. The van der Waals surface area contributed by atoms with Crippen LogP contribution in [0.5, 0.6) is 5.88 Å². The molecule has 3 rings (SSSR count). The van der Waals surface area contributed by atoms with Crippen molar-refractivity contribution in [2.24, 2.45) is 0 Å². The summed E-state index contributed by atoms with van der Waals surface area (Å²) in [7, 11) is 1.53. The molecule has 2 heterocycles. The minimum Gasteiger partial charge on any atom is -0.481 e. The zero-order valence-electron chi connectivity index (χ0n) is 12.8. The first-order valence-corrected chi connectivity index (χ1v) is 7.06. The summed E-state index contributed by atoms with van der Waals surface area (Å²) in [6, 6.07) is 11.2. The van der Waals surface area contributed by atoms with Crippen LogP contribution < -0.4 is 10.5 Å². The molecule has 0 aliphatic carbocycles. The van der Waals surface area contributed by atoms with Crippen LogP contribution in [0.2, 0.25) is 0 Å². The van der Waals surface area contributed by atoms with Crippen LogP contribution in [0.15, 0.2) is 48.7 Å². The lowest BCUT2D eigenvalue weighted by Crippen LogP contribution is -1.97. The topological polar surface area (TPSA) is 65.4 Å². The van der Waals surface area contributed by atoms with Crippen LogP contribution in [-0.4, -0.2) is 17.1 Å². The Hall–Kier alpha value is -3.46. The van der Waals surface area contributed by atoms with E-state index in [1.165, 1.54) is 19.2 Å². The number of rotatable bonds is 3. The molecule has 0 bridgehead atoms. The number of methoxy groups -OCH3 is 1. The van der Waals surface area contributed by atoms with E-state index in [0.29, 0.717) is 22.7 Å². The third kappa shape index (κ3) is 2.88. The molecule has 24 heavy (non-hydrogen) atoms. The SMILES string of the molecule is [C-]#[N+]c1cc(-c2ccc(OC)nc2)c(-c2cccc(F)c2)nc1N. The number of hydrogen-bond donors (Lipinski definition) is 1. The van der Waals surface area contributed by atoms with Gasteiger partial charge in [-0.25, -0.2) is 19.2 Å². The fraction of sp³-hybridized carbons (Fsp3) is 0.0556. The summed E-state index contributed by atoms with van der Waals surface area (Å²) >= 11 is 0. The van der Waals surface area contributed by atoms with Crippen molar-refractivity contribution < 1.29 is 9.13 Å². The zero-order chi connectivity index (χ0) is 17.1. The Morgan fingerprint density at radius 2 is 2.00 bits per heavy atom. The molecular weight excluding hydrogens is 307 g/mol. The molecule has 0 radical (unpaired) electrons. The van der Waals surface area contributed by atoms with Gasteiger partial charge in [0.15, 0.2) is 0 Å². The van der Waals surface area contributed by atoms with Gasteiger partial charge in [-0.15, -0.1) is 0 Å². The molecule has 5 nitrogen and oxygen atoms in total. The van der Waals surface area contributed by atoms with E-state index in [1.54, 1.807) is 36.5 Å². The van der Waals surface area contributed by atoms with E-state index in [2.05, 4.69) is 14.8 Å². The first-order valence-electron chi connectivity index (χ1n) is 7.06. The Balaban J connectivity index is 2.24. The Morgan fingerprint density at radius 1 is 1.17 bits per heavy atom. The molecule has 3 aromatic rings. The second-order valence-electron chi connectivity index (χ2n) is 5.00. The summed E-state index contributed by atoms with van der Waals surface area (Å²) in [6.45, 7) is 7.23. The van der Waals surface area contributed by atoms with Crippen LogP contribution in [0.3, 0.4) is 0 Å². The molecular formula is C18H13FN4O. The fourth-order valence-electron chi connectivity index (χ4n) is 2.34. The molecule has 0 saturated heterocycles.